The summed E-state index contributed by atoms with van der Waals surface area (Å²) in [5, 5.41) is 12.5. The lowest BCUT2D eigenvalue weighted by Gasteiger charge is -2.20. The molecular weight excluding hydrogens is 250 g/mol. The van der Waals surface area contributed by atoms with Crippen LogP contribution in [0.2, 0.25) is 0 Å². The van der Waals surface area contributed by atoms with Gasteiger partial charge in [-0.15, -0.1) is 6.58 Å². The molecule has 0 spiro atoms. The van der Waals surface area contributed by atoms with Gasteiger partial charge in [0.05, 0.1) is 0 Å². The van der Waals surface area contributed by atoms with E-state index in [2.05, 4.69) is 18.8 Å². The molecule has 1 unspecified atom stereocenters. The normalized spacial score (nSPS) is 13.7. The number of hydrogen-bond acceptors (Lipinski definition) is 2. The van der Waals surface area contributed by atoms with Crippen molar-refractivity contribution in [3.63, 3.8) is 0 Å². The van der Waals surface area contributed by atoms with Crippen molar-refractivity contribution in [1.82, 2.24) is 5.32 Å². The number of carboxylic acid groups (broad SMARTS) is 1. The Bertz CT molecular complexity index is 403. The Morgan fingerprint density at radius 1 is 1.35 bits per heavy atom. The van der Waals surface area contributed by atoms with E-state index in [0.717, 1.165) is 31.2 Å². The maximum absolute atomic E-state index is 11.3. The van der Waals surface area contributed by atoms with Gasteiger partial charge in [0.2, 0.25) is 0 Å². The van der Waals surface area contributed by atoms with Crippen molar-refractivity contribution in [1.29, 1.82) is 0 Å². The molecule has 110 valence electrons. The maximum Gasteiger partial charge on any atom is 0.321 e. The molecule has 20 heavy (non-hydrogen) atoms. The number of hydrogen-bond donors (Lipinski definition) is 2. The molecule has 1 aromatic carbocycles. The van der Waals surface area contributed by atoms with Crippen molar-refractivity contribution in [3.8, 4) is 0 Å². The smallest absolute Gasteiger partial charge is 0.321 e. The first kappa shape index (κ1) is 16.4. The van der Waals surface area contributed by atoms with Crippen molar-refractivity contribution in [3.05, 3.63) is 48.6 Å². The number of aliphatic carboxylic acids is 1. The molecule has 2 N–H and O–H groups in total. The molecule has 0 aliphatic rings. The second-order valence-electron chi connectivity index (χ2n) is 5.22. The van der Waals surface area contributed by atoms with E-state index in [-0.39, 0.29) is 6.04 Å². The van der Waals surface area contributed by atoms with E-state index in [9.17, 15) is 9.90 Å². The third kappa shape index (κ3) is 6.53. The summed E-state index contributed by atoms with van der Waals surface area (Å²) < 4.78 is 0. The lowest BCUT2D eigenvalue weighted by molar-refractivity contribution is -0.139. The molecule has 1 rings (SSSR count). The molecule has 0 fully saturated rings. The third-order valence-corrected chi connectivity index (χ3v) is 3.36. The van der Waals surface area contributed by atoms with Gasteiger partial charge in [0, 0.05) is 6.04 Å². The molecule has 0 amide bonds. The van der Waals surface area contributed by atoms with Gasteiger partial charge >= 0.3 is 5.97 Å². The van der Waals surface area contributed by atoms with Crippen LogP contribution in [0, 0.1) is 0 Å². The molecule has 0 aliphatic heterocycles. The van der Waals surface area contributed by atoms with Crippen molar-refractivity contribution >= 4 is 5.97 Å². The number of carbonyl (C=O) groups is 1. The van der Waals surface area contributed by atoms with Crippen LogP contribution in [0.5, 0.6) is 0 Å². The van der Waals surface area contributed by atoms with Gasteiger partial charge in [0.15, 0.2) is 0 Å². The van der Waals surface area contributed by atoms with E-state index in [0.29, 0.717) is 6.42 Å². The first-order chi connectivity index (χ1) is 9.63. The molecule has 0 saturated carbocycles. The van der Waals surface area contributed by atoms with Gasteiger partial charge in [-0.25, -0.2) is 0 Å². The topological polar surface area (TPSA) is 49.3 Å². The first-order valence-corrected chi connectivity index (χ1v) is 7.27. The Balaban J connectivity index is 2.42. The van der Waals surface area contributed by atoms with Gasteiger partial charge in [0.1, 0.15) is 6.04 Å². The van der Waals surface area contributed by atoms with E-state index < -0.39 is 12.0 Å². The fourth-order valence-electron chi connectivity index (χ4n) is 2.23. The van der Waals surface area contributed by atoms with Crippen molar-refractivity contribution < 1.29 is 9.90 Å². The third-order valence-electron chi connectivity index (χ3n) is 3.36. The van der Waals surface area contributed by atoms with Gasteiger partial charge in [-0.3, -0.25) is 4.79 Å². The van der Waals surface area contributed by atoms with E-state index >= 15 is 0 Å². The molecule has 0 bridgehead atoms. The van der Waals surface area contributed by atoms with Gasteiger partial charge in [-0.2, -0.15) is 0 Å². The highest BCUT2D eigenvalue weighted by Gasteiger charge is 2.19. The zero-order valence-electron chi connectivity index (χ0n) is 12.2. The highest BCUT2D eigenvalue weighted by atomic mass is 16.4. The molecule has 0 aromatic heterocycles. The zero-order chi connectivity index (χ0) is 14.8. The van der Waals surface area contributed by atoms with Crippen LogP contribution in [-0.2, 0) is 11.2 Å². The summed E-state index contributed by atoms with van der Waals surface area (Å²) in [6, 6.07) is 9.43. The van der Waals surface area contributed by atoms with Crippen LogP contribution in [-0.4, -0.2) is 23.2 Å². The molecular formula is C17H25NO2. The zero-order valence-corrected chi connectivity index (χ0v) is 12.2. The molecule has 0 heterocycles. The summed E-state index contributed by atoms with van der Waals surface area (Å²) in [6.45, 7) is 5.75. The highest BCUT2D eigenvalue weighted by molar-refractivity contribution is 5.74. The number of nitrogens with one attached hydrogen (secondary N) is 1. The second-order valence-corrected chi connectivity index (χ2v) is 5.22. The van der Waals surface area contributed by atoms with E-state index in [1.54, 1.807) is 0 Å². The van der Waals surface area contributed by atoms with Gasteiger partial charge in [-0.05, 0) is 38.2 Å². The summed E-state index contributed by atoms with van der Waals surface area (Å²) in [5.74, 6) is -0.785. The predicted octanol–water partition coefficient (Wildman–Crippen LogP) is 3.41. The number of benzene rings is 1. The van der Waals surface area contributed by atoms with Crippen LogP contribution < -0.4 is 5.32 Å². The minimum absolute atomic E-state index is 0.213. The SMILES string of the molecule is C=CCCCCC(C)N[C@H](Cc1ccccc1)C(=O)O. The van der Waals surface area contributed by atoms with Gasteiger partial charge in [-0.1, -0.05) is 42.8 Å². The predicted molar refractivity (Wildman–Crippen MR) is 82.8 cm³/mol. The second kappa shape index (κ2) is 9.32. The summed E-state index contributed by atoms with van der Waals surface area (Å²) >= 11 is 0. The molecule has 2 atom stereocenters. The average molecular weight is 275 g/mol. The minimum Gasteiger partial charge on any atom is -0.480 e. The van der Waals surface area contributed by atoms with Crippen molar-refractivity contribution in [2.45, 2.75) is 51.1 Å². The lowest BCUT2D eigenvalue weighted by atomic mass is 10.0. The Hall–Kier alpha value is -1.61. The van der Waals surface area contributed by atoms with Crippen LogP contribution >= 0.6 is 0 Å². The Morgan fingerprint density at radius 2 is 2.05 bits per heavy atom. The fourth-order valence-corrected chi connectivity index (χ4v) is 2.23. The Labute approximate surface area is 121 Å². The van der Waals surface area contributed by atoms with Crippen LogP contribution in [0.15, 0.2) is 43.0 Å². The maximum atomic E-state index is 11.3. The molecule has 1 aromatic rings. The standard InChI is InChI=1S/C17H25NO2/c1-3-4-5-7-10-14(2)18-16(17(19)20)13-15-11-8-6-9-12-15/h3,6,8-9,11-12,14,16,18H,1,4-5,7,10,13H2,2H3,(H,19,20)/t14?,16-/m1/s1. The molecule has 3 nitrogen and oxygen atoms in total. The first-order valence-electron chi connectivity index (χ1n) is 7.27. The van der Waals surface area contributed by atoms with Crippen LogP contribution in [0.1, 0.15) is 38.2 Å². The highest BCUT2D eigenvalue weighted by Crippen LogP contribution is 2.08. The summed E-state index contributed by atoms with van der Waals surface area (Å²) in [6.07, 6.45) is 6.68. The average Bonchev–Trinajstić information content (AvgIpc) is 2.44. The Kier molecular flexibility index (Phi) is 7.66. The van der Waals surface area contributed by atoms with Crippen molar-refractivity contribution in [2.24, 2.45) is 0 Å². The van der Waals surface area contributed by atoms with Crippen LogP contribution in [0.3, 0.4) is 0 Å². The molecule has 3 heteroatoms. The number of carboxylic acids is 1. The fraction of sp³-hybridized carbons (Fsp3) is 0.471. The molecule has 0 saturated heterocycles. The molecule has 0 radical (unpaired) electrons. The Morgan fingerprint density at radius 3 is 2.65 bits per heavy atom. The number of unbranched alkanes of at least 4 members (excludes halogenated alkanes) is 2. The summed E-state index contributed by atoms with van der Waals surface area (Å²) in [4.78, 5) is 11.3. The number of rotatable bonds is 10. The molecule has 0 aliphatic carbocycles. The van der Waals surface area contributed by atoms with E-state index in [1.807, 2.05) is 36.4 Å². The van der Waals surface area contributed by atoms with Crippen LogP contribution in [0.25, 0.3) is 0 Å². The van der Waals surface area contributed by atoms with Crippen molar-refractivity contribution in [2.75, 3.05) is 0 Å². The number of allylic oxidation sites excluding steroid dienone is 1. The minimum atomic E-state index is -0.785. The quantitative estimate of drug-likeness (QED) is 0.508. The van der Waals surface area contributed by atoms with E-state index in [1.165, 1.54) is 0 Å². The summed E-state index contributed by atoms with van der Waals surface area (Å²) in [7, 11) is 0. The lowest BCUT2D eigenvalue weighted by Crippen LogP contribution is -2.43. The summed E-state index contributed by atoms with van der Waals surface area (Å²) in [5.41, 5.74) is 1.05. The van der Waals surface area contributed by atoms with E-state index in [4.69, 9.17) is 0 Å². The van der Waals surface area contributed by atoms with Gasteiger partial charge in [0.25, 0.3) is 0 Å². The largest absolute Gasteiger partial charge is 0.480 e. The van der Waals surface area contributed by atoms with Gasteiger partial charge < -0.3 is 10.4 Å². The van der Waals surface area contributed by atoms with Crippen LogP contribution in [0.4, 0.5) is 0 Å². The monoisotopic (exact) mass is 275 g/mol.